The number of pyridine rings is 3. The number of rotatable bonds is 6. The van der Waals surface area contributed by atoms with Crippen LogP contribution >= 0.6 is 0 Å². The molecule has 1 aliphatic carbocycles. The second kappa shape index (κ2) is 9.18. The van der Waals surface area contributed by atoms with Gasteiger partial charge in [-0.05, 0) is 56.9 Å². The maximum atomic E-state index is 15.7. The van der Waals surface area contributed by atoms with Gasteiger partial charge in [-0.1, -0.05) is 0 Å². The number of carbonyl (C=O) groups is 1. The lowest BCUT2D eigenvalue weighted by Gasteiger charge is -2.47. The van der Waals surface area contributed by atoms with Crippen molar-refractivity contribution < 1.29 is 18.3 Å². The van der Waals surface area contributed by atoms with Gasteiger partial charge in [-0.15, -0.1) is 0 Å². The van der Waals surface area contributed by atoms with E-state index in [1.807, 2.05) is 6.92 Å². The molecule has 0 radical (unpaired) electrons. The van der Waals surface area contributed by atoms with Gasteiger partial charge in [0.2, 0.25) is 11.8 Å². The molecule has 5 heterocycles. The minimum Gasteiger partial charge on any atom is -0.478 e. The largest absolute Gasteiger partial charge is 0.478 e. The molecule has 3 aromatic rings. The molecule has 0 spiro atoms. The summed E-state index contributed by atoms with van der Waals surface area (Å²) >= 11 is 0. The van der Waals surface area contributed by atoms with Gasteiger partial charge in [-0.2, -0.15) is 4.39 Å². The average Bonchev–Trinajstić information content (AvgIpc) is 2.87. The highest BCUT2D eigenvalue weighted by Crippen LogP contribution is 2.34. The number of aromatic nitrogens is 3. The highest BCUT2D eigenvalue weighted by molar-refractivity contribution is 5.97. The highest BCUT2D eigenvalue weighted by Gasteiger charge is 2.41. The average molecular weight is 481 g/mol. The quantitative estimate of drug-likeness (QED) is 0.463. The zero-order valence-corrected chi connectivity index (χ0v) is 19.3. The van der Waals surface area contributed by atoms with Crippen LogP contribution < -0.4 is 21.1 Å². The third kappa shape index (κ3) is 4.53. The summed E-state index contributed by atoms with van der Waals surface area (Å²) in [5.74, 6) is -1.94. The van der Waals surface area contributed by atoms with Gasteiger partial charge in [0.1, 0.15) is 5.69 Å². The van der Waals surface area contributed by atoms with Crippen LogP contribution in [-0.4, -0.2) is 45.6 Å². The van der Waals surface area contributed by atoms with Gasteiger partial charge in [0.05, 0.1) is 34.8 Å². The Balaban J connectivity index is 1.57. The van der Waals surface area contributed by atoms with E-state index in [-0.39, 0.29) is 22.6 Å². The lowest BCUT2D eigenvalue weighted by Crippen LogP contribution is -2.64. The van der Waals surface area contributed by atoms with Gasteiger partial charge >= 0.3 is 0 Å². The van der Waals surface area contributed by atoms with E-state index in [0.717, 1.165) is 25.7 Å². The molecule has 4 N–H and O–H groups in total. The molecule has 0 unspecified atom stereocenters. The Kier molecular flexibility index (Phi) is 6.06. The summed E-state index contributed by atoms with van der Waals surface area (Å²) in [6.07, 6.45) is 5.11. The SMILES string of the molecule is CCOc1ccc(-c2cc(C(=O)NC34CCC(CC3)NC4)c(F)c(-c3ccc(N)c(F)n3)n2)cn1. The molecule has 0 aromatic carbocycles. The first-order valence-electron chi connectivity index (χ1n) is 11.7. The molecule has 3 aromatic heterocycles. The number of halogens is 2. The Hall–Kier alpha value is -3.66. The van der Waals surface area contributed by atoms with Crippen molar-refractivity contribution in [1.29, 1.82) is 0 Å². The lowest BCUT2D eigenvalue weighted by atomic mass is 9.75. The van der Waals surface area contributed by atoms with Crippen molar-refractivity contribution in [3.8, 4) is 28.5 Å². The van der Waals surface area contributed by atoms with Gasteiger partial charge in [0.15, 0.2) is 5.82 Å². The summed E-state index contributed by atoms with van der Waals surface area (Å²) in [5.41, 5.74) is 5.27. The first-order valence-corrected chi connectivity index (χ1v) is 11.7. The fourth-order valence-corrected chi connectivity index (χ4v) is 4.72. The van der Waals surface area contributed by atoms with Crippen LogP contribution in [0.4, 0.5) is 14.5 Å². The fourth-order valence-electron chi connectivity index (χ4n) is 4.72. The molecule has 3 fully saturated rings. The van der Waals surface area contributed by atoms with E-state index in [4.69, 9.17) is 10.5 Å². The van der Waals surface area contributed by atoms with Crippen molar-refractivity contribution >= 4 is 11.6 Å². The van der Waals surface area contributed by atoms with E-state index in [1.165, 1.54) is 24.4 Å². The molecule has 6 rings (SSSR count). The van der Waals surface area contributed by atoms with E-state index in [1.54, 1.807) is 12.1 Å². The van der Waals surface area contributed by atoms with Crippen molar-refractivity contribution in [3.63, 3.8) is 0 Å². The first-order chi connectivity index (χ1) is 16.9. The van der Waals surface area contributed by atoms with Gasteiger partial charge in [0.25, 0.3) is 5.91 Å². The van der Waals surface area contributed by atoms with Crippen LogP contribution in [0.2, 0.25) is 0 Å². The summed E-state index contributed by atoms with van der Waals surface area (Å²) in [6.45, 7) is 2.95. The summed E-state index contributed by atoms with van der Waals surface area (Å²) < 4.78 is 35.2. The van der Waals surface area contributed by atoms with Crippen LogP contribution in [0.25, 0.3) is 22.6 Å². The topological polar surface area (TPSA) is 115 Å². The molecular weight excluding hydrogens is 454 g/mol. The number of nitrogen functional groups attached to an aromatic ring is 1. The van der Waals surface area contributed by atoms with Crippen molar-refractivity contribution in [2.75, 3.05) is 18.9 Å². The predicted molar refractivity (Wildman–Crippen MR) is 127 cm³/mol. The molecule has 35 heavy (non-hydrogen) atoms. The Morgan fingerprint density at radius 3 is 2.63 bits per heavy atom. The molecule has 10 heteroatoms. The van der Waals surface area contributed by atoms with Crippen LogP contribution in [-0.2, 0) is 0 Å². The van der Waals surface area contributed by atoms with Crippen molar-refractivity contribution in [2.45, 2.75) is 44.2 Å². The number of amides is 1. The van der Waals surface area contributed by atoms with E-state index in [9.17, 15) is 9.18 Å². The molecule has 2 saturated heterocycles. The number of piperidine rings is 2. The van der Waals surface area contributed by atoms with Crippen molar-refractivity contribution in [2.24, 2.45) is 0 Å². The summed E-state index contributed by atoms with van der Waals surface area (Å²) in [7, 11) is 0. The molecular formula is C25H26F2N6O2. The summed E-state index contributed by atoms with van der Waals surface area (Å²) in [6, 6.07) is 7.90. The van der Waals surface area contributed by atoms with Crippen LogP contribution in [0.15, 0.2) is 36.5 Å². The zero-order chi connectivity index (χ0) is 24.6. The number of hydrogen-bond acceptors (Lipinski definition) is 7. The van der Waals surface area contributed by atoms with Crippen LogP contribution in [0, 0.1) is 11.8 Å². The van der Waals surface area contributed by atoms with E-state index in [2.05, 4.69) is 25.6 Å². The third-order valence-electron chi connectivity index (χ3n) is 6.70. The molecule has 182 valence electrons. The number of hydrogen-bond donors (Lipinski definition) is 3. The number of nitrogens with zero attached hydrogens (tertiary/aromatic N) is 3. The van der Waals surface area contributed by atoms with Gasteiger partial charge in [0, 0.05) is 30.4 Å². The van der Waals surface area contributed by atoms with E-state index >= 15 is 4.39 Å². The number of nitrogens with two attached hydrogens (primary N) is 1. The monoisotopic (exact) mass is 480 g/mol. The second-order valence-electron chi connectivity index (χ2n) is 9.00. The Labute approximate surface area is 201 Å². The van der Waals surface area contributed by atoms with Crippen molar-refractivity contribution in [3.05, 3.63) is 53.9 Å². The minimum absolute atomic E-state index is 0.0676. The maximum Gasteiger partial charge on any atom is 0.254 e. The van der Waals surface area contributed by atoms with Crippen molar-refractivity contribution in [1.82, 2.24) is 25.6 Å². The third-order valence-corrected chi connectivity index (χ3v) is 6.70. The summed E-state index contributed by atoms with van der Waals surface area (Å²) in [5, 5.41) is 6.49. The Bertz CT molecular complexity index is 1250. The molecule has 1 saturated carbocycles. The second-order valence-corrected chi connectivity index (χ2v) is 9.00. The minimum atomic E-state index is -0.938. The van der Waals surface area contributed by atoms with Gasteiger partial charge < -0.3 is 21.1 Å². The van der Waals surface area contributed by atoms with Crippen LogP contribution in [0.1, 0.15) is 43.0 Å². The molecule has 2 bridgehead atoms. The van der Waals surface area contributed by atoms with E-state index < -0.39 is 23.2 Å². The number of nitrogens with one attached hydrogen (secondary N) is 2. The smallest absolute Gasteiger partial charge is 0.254 e. The number of ether oxygens (including phenoxy) is 1. The van der Waals surface area contributed by atoms with Crippen LogP contribution in [0.3, 0.4) is 0 Å². The highest BCUT2D eigenvalue weighted by atomic mass is 19.1. The number of anilines is 1. The fraction of sp³-hybridized carbons (Fsp3) is 0.360. The number of fused-ring (bicyclic) bond motifs is 3. The number of carbonyl (C=O) groups excluding carboxylic acids is 1. The first kappa shape index (κ1) is 23.1. The molecule has 2 aliphatic heterocycles. The molecule has 0 atom stereocenters. The summed E-state index contributed by atoms with van der Waals surface area (Å²) in [4.78, 5) is 25.8. The molecule has 8 nitrogen and oxygen atoms in total. The maximum absolute atomic E-state index is 15.7. The normalized spacial score (nSPS) is 21.1. The molecule has 1 amide bonds. The Morgan fingerprint density at radius 2 is 2.00 bits per heavy atom. The van der Waals surface area contributed by atoms with Crippen LogP contribution in [0.5, 0.6) is 5.88 Å². The van der Waals surface area contributed by atoms with E-state index in [0.29, 0.717) is 36.3 Å². The zero-order valence-electron chi connectivity index (χ0n) is 19.3. The van der Waals surface area contributed by atoms with Gasteiger partial charge in [-0.3, -0.25) is 4.79 Å². The lowest BCUT2D eigenvalue weighted by molar-refractivity contribution is 0.0784. The standard InChI is InChI=1S/C25H26F2N6O2/c1-2-35-20-6-3-14(12-29-20)19-11-16(24(34)33-25-9-7-15(8-10-25)30-13-25)21(26)22(31-19)18-5-4-17(28)23(27)32-18/h3-6,11-12,15,30H,2,7-10,13,28H2,1H3,(H,33,34). The molecule has 3 aliphatic rings. The Morgan fingerprint density at radius 1 is 1.20 bits per heavy atom. The van der Waals surface area contributed by atoms with Gasteiger partial charge in [-0.25, -0.2) is 19.3 Å². The predicted octanol–water partition coefficient (Wildman–Crippen LogP) is 3.48.